The number of fused-ring (bicyclic) bond motifs is 1. The predicted molar refractivity (Wildman–Crippen MR) is 96.7 cm³/mol. The standard InChI is InChI=1S/C18H19F2N3O3.ClH/c19-18(20)26-15-7-17-16(24-11-25-17)6-13(15)10-23-5-4-22-9-14(23)12-2-1-3-21-8-12;/h1-3,6-8,14,18,22H,4-5,9-11H2;1H. The molecule has 1 aromatic heterocycles. The second-order valence-corrected chi connectivity index (χ2v) is 6.17. The number of ether oxygens (including phenoxy) is 3. The van der Waals surface area contributed by atoms with E-state index in [1.54, 1.807) is 12.3 Å². The number of benzene rings is 1. The van der Waals surface area contributed by atoms with Gasteiger partial charge in [0.05, 0.1) is 0 Å². The van der Waals surface area contributed by atoms with Crippen LogP contribution in [0.3, 0.4) is 0 Å². The molecular formula is C18H20ClF2N3O3. The second-order valence-electron chi connectivity index (χ2n) is 6.17. The number of aromatic nitrogens is 1. The molecule has 0 spiro atoms. The summed E-state index contributed by atoms with van der Waals surface area (Å²) in [5.74, 6) is 1.09. The molecule has 1 atom stereocenters. The number of piperazine rings is 1. The Morgan fingerprint density at radius 1 is 1.30 bits per heavy atom. The highest BCUT2D eigenvalue weighted by atomic mass is 35.5. The van der Waals surface area contributed by atoms with Crippen LogP contribution < -0.4 is 19.5 Å². The summed E-state index contributed by atoms with van der Waals surface area (Å²) >= 11 is 0. The zero-order chi connectivity index (χ0) is 17.9. The molecule has 1 unspecified atom stereocenters. The molecular weight excluding hydrogens is 380 g/mol. The Hall–Kier alpha value is -2.16. The van der Waals surface area contributed by atoms with Gasteiger partial charge in [0, 0.05) is 56.2 Å². The molecule has 0 amide bonds. The van der Waals surface area contributed by atoms with Crippen LogP contribution in [-0.4, -0.2) is 42.9 Å². The summed E-state index contributed by atoms with van der Waals surface area (Å²) in [6, 6.07) is 7.22. The maximum absolute atomic E-state index is 12.8. The van der Waals surface area contributed by atoms with Crippen molar-refractivity contribution < 1.29 is 23.0 Å². The molecule has 1 aromatic carbocycles. The SMILES string of the molecule is Cl.FC(F)Oc1cc2c(cc1CN1CCNCC1c1cccnc1)OCO2. The zero-order valence-electron chi connectivity index (χ0n) is 14.4. The van der Waals surface area contributed by atoms with Crippen LogP contribution in [0.25, 0.3) is 0 Å². The van der Waals surface area contributed by atoms with E-state index in [9.17, 15) is 8.78 Å². The first-order valence-corrected chi connectivity index (χ1v) is 8.43. The third-order valence-electron chi connectivity index (χ3n) is 4.57. The van der Waals surface area contributed by atoms with E-state index in [-0.39, 0.29) is 31.0 Å². The van der Waals surface area contributed by atoms with Crippen LogP contribution in [-0.2, 0) is 6.54 Å². The molecule has 1 saturated heterocycles. The number of nitrogens with one attached hydrogen (secondary N) is 1. The summed E-state index contributed by atoms with van der Waals surface area (Å²) in [6.45, 7) is 0.0143. The Balaban J connectivity index is 0.00000210. The minimum atomic E-state index is -2.90. The molecule has 2 aromatic rings. The average molecular weight is 400 g/mol. The fourth-order valence-corrected chi connectivity index (χ4v) is 3.35. The largest absolute Gasteiger partial charge is 0.454 e. The molecule has 0 aliphatic carbocycles. The van der Waals surface area contributed by atoms with Crippen molar-refractivity contribution in [2.45, 2.75) is 19.2 Å². The maximum atomic E-state index is 12.8. The van der Waals surface area contributed by atoms with Crippen LogP contribution in [0.2, 0.25) is 0 Å². The number of halogens is 3. The van der Waals surface area contributed by atoms with Crippen molar-refractivity contribution in [3.05, 3.63) is 47.8 Å². The Morgan fingerprint density at radius 3 is 2.85 bits per heavy atom. The quantitative estimate of drug-likeness (QED) is 0.834. The summed E-state index contributed by atoms with van der Waals surface area (Å²) in [5, 5.41) is 3.37. The number of hydrogen-bond donors (Lipinski definition) is 1. The number of alkyl halides is 2. The normalized spacial score (nSPS) is 19.0. The maximum Gasteiger partial charge on any atom is 0.387 e. The van der Waals surface area contributed by atoms with Gasteiger partial charge >= 0.3 is 6.61 Å². The van der Waals surface area contributed by atoms with E-state index >= 15 is 0 Å². The van der Waals surface area contributed by atoms with E-state index in [0.29, 0.717) is 23.6 Å². The summed E-state index contributed by atoms with van der Waals surface area (Å²) in [7, 11) is 0. The third-order valence-corrected chi connectivity index (χ3v) is 4.57. The lowest BCUT2D eigenvalue weighted by molar-refractivity contribution is -0.0510. The summed E-state index contributed by atoms with van der Waals surface area (Å²) < 4.78 is 41.1. The molecule has 6 nitrogen and oxygen atoms in total. The highest BCUT2D eigenvalue weighted by Crippen LogP contribution is 2.40. The van der Waals surface area contributed by atoms with Gasteiger partial charge < -0.3 is 19.5 Å². The van der Waals surface area contributed by atoms with Gasteiger partial charge in [-0.25, -0.2) is 0 Å². The first-order valence-electron chi connectivity index (χ1n) is 8.43. The van der Waals surface area contributed by atoms with Crippen LogP contribution in [0.5, 0.6) is 17.2 Å². The van der Waals surface area contributed by atoms with Crippen LogP contribution >= 0.6 is 12.4 Å². The van der Waals surface area contributed by atoms with Gasteiger partial charge in [-0.1, -0.05) is 6.07 Å². The van der Waals surface area contributed by atoms with Gasteiger partial charge in [0.15, 0.2) is 11.5 Å². The van der Waals surface area contributed by atoms with Crippen molar-refractivity contribution in [2.75, 3.05) is 26.4 Å². The van der Waals surface area contributed by atoms with Gasteiger partial charge in [0.2, 0.25) is 6.79 Å². The Morgan fingerprint density at radius 2 is 2.11 bits per heavy atom. The van der Waals surface area contributed by atoms with E-state index in [1.165, 1.54) is 6.07 Å². The lowest BCUT2D eigenvalue weighted by Crippen LogP contribution is -2.45. The minimum absolute atomic E-state index is 0. The summed E-state index contributed by atoms with van der Waals surface area (Å²) in [5.41, 5.74) is 1.72. The van der Waals surface area contributed by atoms with Crippen molar-refractivity contribution in [2.24, 2.45) is 0 Å². The molecule has 1 fully saturated rings. The molecule has 0 saturated carbocycles. The smallest absolute Gasteiger partial charge is 0.387 e. The number of hydrogen-bond acceptors (Lipinski definition) is 6. The van der Waals surface area contributed by atoms with E-state index in [2.05, 4.69) is 15.2 Å². The fraction of sp³-hybridized carbons (Fsp3) is 0.389. The highest BCUT2D eigenvalue weighted by Gasteiger charge is 2.27. The molecule has 9 heteroatoms. The van der Waals surface area contributed by atoms with Crippen LogP contribution in [0.15, 0.2) is 36.7 Å². The number of pyridine rings is 1. The van der Waals surface area contributed by atoms with Crippen LogP contribution in [0.4, 0.5) is 8.78 Å². The number of nitrogens with zero attached hydrogens (tertiary/aromatic N) is 2. The number of rotatable bonds is 5. The third kappa shape index (κ3) is 4.40. The van der Waals surface area contributed by atoms with Crippen molar-refractivity contribution in [3.63, 3.8) is 0 Å². The summed E-state index contributed by atoms with van der Waals surface area (Å²) in [4.78, 5) is 6.42. The van der Waals surface area contributed by atoms with Crippen LogP contribution in [0, 0.1) is 0 Å². The average Bonchev–Trinajstić information content (AvgIpc) is 3.10. The fourth-order valence-electron chi connectivity index (χ4n) is 3.35. The summed E-state index contributed by atoms with van der Waals surface area (Å²) in [6.07, 6.45) is 3.57. The van der Waals surface area contributed by atoms with Gasteiger partial charge in [-0.3, -0.25) is 9.88 Å². The van der Waals surface area contributed by atoms with Gasteiger partial charge in [-0.05, 0) is 17.7 Å². The monoisotopic (exact) mass is 399 g/mol. The van der Waals surface area contributed by atoms with Crippen molar-refractivity contribution in [1.82, 2.24) is 15.2 Å². The van der Waals surface area contributed by atoms with Gasteiger partial charge in [-0.15, -0.1) is 12.4 Å². The molecule has 1 N–H and O–H groups in total. The van der Waals surface area contributed by atoms with E-state index in [4.69, 9.17) is 14.2 Å². The Kier molecular flexibility index (Phi) is 6.30. The lowest BCUT2D eigenvalue weighted by atomic mass is 10.0. The topological polar surface area (TPSA) is 55.9 Å². The molecule has 4 rings (SSSR count). The van der Waals surface area contributed by atoms with Gasteiger partial charge in [-0.2, -0.15) is 8.78 Å². The predicted octanol–water partition coefficient (Wildman–Crippen LogP) is 2.98. The van der Waals surface area contributed by atoms with E-state index < -0.39 is 6.61 Å². The van der Waals surface area contributed by atoms with Crippen molar-refractivity contribution in [3.8, 4) is 17.2 Å². The molecule has 3 heterocycles. The van der Waals surface area contributed by atoms with Crippen LogP contribution in [0.1, 0.15) is 17.2 Å². The lowest BCUT2D eigenvalue weighted by Gasteiger charge is -2.36. The minimum Gasteiger partial charge on any atom is -0.454 e. The molecule has 27 heavy (non-hydrogen) atoms. The molecule has 0 radical (unpaired) electrons. The molecule has 2 aliphatic rings. The zero-order valence-corrected chi connectivity index (χ0v) is 15.3. The van der Waals surface area contributed by atoms with E-state index in [1.807, 2.05) is 18.3 Å². The van der Waals surface area contributed by atoms with Gasteiger partial charge in [0.25, 0.3) is 0 Å². The first kappa shape index (κ1) is 19.6. The molecule has 146 valence electrons. The molecule has 2 aliphatic heterocycles. The highest BCUT2D eigenvalue weighted by molar-refractivity contribution is 5.85. The Bertz CT molecular complexity index is 767. The second kappa shape index (κ2) is 8.69. The van der Waals surface area contributed by atoms with Crippen molar-refractivity contribution >= 4 is 12.4 Å². The van der Waals surface area contributed by atoms with Gasteiger partial charge in [0.1, 0.15) is 5.75 Å². The van der Waals surface area contributed by atoms with E-state index in [0.717, 1.165) is 25.2 Å². The molecule has 0 bridgehead atoms. The first-order chi connectivity index (χ1) is 12.7. The van der Waals surface area contributed by atoms with Crippen molar-refractivity contribution in [1.29, 1.82) is 0 Å². The Labute approximate surface area is 161 Å².